The van der Waals surface area contributed by atoms with Gasteiger partial charge in [-0.2, -0.15) is 0 Å². The second-order valence-electron chi connectivity index (χ2n) is 2.24. The van der Waals surface area contributed by atoms with Crippen LogP contribution in [0.3, 0.4) is 0 Å². The molecule has 0 aliphatic heterocycles. The minimum Gasteiger partial charge on any atom is -0.497 e. The number of ether oxygens (including phenoxy) is 1. The molecule has 1 aromatic carbocycles. The monoisotopic (exact) mass is 203 g/mol. The van der Waals surface area contributed by atoms with Crippen LogP contribution in [0.25, 0.3) is 0 Å². The van der Waals surface area contributed by atoms with Gasteiger partial charge in [0.2, 0.25) is 0 Å². The van der Waals surface area contributed by atoms with Gasteiger partial charge in [0.25, 0.3) is 0 Å². The molecule has 0 aromatic heterocycles. The summed E-state index contributed by atoms with van der Waals surface area (Å²) in [6.45, 7) is 0. The molecule has 0 saturated heterocycles. The third kappa shape index (κ3) is 2.59. The van der Waals surface area contributed by atoms with Crippen molar-refractivity contribution in [1.82, 2.24) is 0 Å². The van der Waals surface area contributed by atoms with Crippen molar-refractivity contribution in [1.29, 1.82) is 0 Å². The lowest BCUT2D eigenvalue weighted by Crippen LogP contribution is -2.03. The van der Waals surface area contributed by atoms with Gasteiger partial charge in [0, 0.05) is 6.07 Å². The Labute approximate surface area is 79.5 Å². The molecule has 0 saturated carbocycles. The summed E-state index contributed by atoms with van der Waals surface area (Å²) in [5.41, 5.74) is -0.000602. The average Bonchev–Trinajstić information content (AvgIpc) is 2.08. The summed E-state index contributed by atoms with van der Waals surface area (Å²) in [5.74, 6) is -0.114. The maximum Gasteiger partial charge on any atom is 0.318 e. The van der Waals surface area contributed by atoms with Crippen LogP contribution in [-0.4, -0.2) is 12.5 Å². The Balaban J connectivity index is 2.96. The summed E-state index contributed by atoms with van der Waals surface area (Å²) < 4.78 is 17.8. The standard InChI is InChI=1S/C8H7ClFNO2/c1-13-5-2-3-6(10)7(4-5)11-8(9)12/h2-4H,1H3,(H,11,12). The van der Waals surface area contributed by atoms with E-state index in [0.29, 0.717) is 5.75 Å². The fraction of sp³-hybridized carbons (Fsp3) is 0.125. The van der Waals surface area contributed by atoms with Gasteiger partial charge in [0.1, 0.15) is 11.6 Å². The first-order chi connectivity index (χ1) is 6.13. The van der Waals surface area contributed by atoms with E-state index in [4.69, 9.17) is 16.3 Å². The zero-order valence-electron chi connectivity index (χ0n) is 6.80. The van der Waals surface area contributed by atoms with Crippen LogP contribution in [0.4, 0.5) is 14.9 Å². The molecule has 13 heavy (non-hydrogen) atoms. The van der Waals surface area contributed by atoms with E-state index in [2.05, 4.69) is 5.32 Å². The van der Waals surface area contributed by atoms with Gasteiger partial charge < -0.3 is 10.1 Å². The highest BCUT2D eigenvalue weighted by Crippen LogP contribution is 2.21. The largest absolute Gasteiger partial charge is 0.497 e. The Kier molecular flexibility index (Phi) is 3.08. The molecule has 0 heterocycles. The maximum absolute atomic E-state index is 12.9. The van der Waals surface area contributed by atoms with Crippen LogP contribution in [0.1, 0.15) is 0 Å². The third-order valence-corrected chi connectivity index (χ3v) is 1.50. The van der Waals surface area contributed by atoms with Crippen molar-refractivity contribution in [3.63, 3.8) is 0 Å². The molecule has 0 radical (unpaired) electrons. The molecule has 5 heteroatoms. The van der Waals surface area contributed by atoms with Crippen molar-refractivity contribution in [2.24, 2.45) is 0 Å². The lowest BCUT2D eigenvalue weighted by Gasteiger charge is -2.04. The molecule has 0 bridgehead atoms. The number of rotatable bonds is 2. The van der Waals surface area contributed by atoms with Crippen molar-refractivity contribution < 1.29 is 13.9 Å². The first kappa shape index (κ1) is 9.80. The van der Waals surface area contributed by atoms with Crippen LogP contribution in [0.5, 0.6) is 5.75 Å². The zero-order chi connectivity index (χ0) is 9.84. The first-order valence-corrected chi connectivity index (χ1v) is 3.81. The number of hydrogen-bond donors (Lipinski definition) is 1. The van der Waals surface area contributed by atoms with Crippen molar-refractivity contribution in [2.75, 3.05) is 12.4 Å². The second kappa shape index (κ2) is 4.09. The molecule has 0 spiro atoms. The number of anilines is 1. The number of halogens is 2. The predicted molar refractivity (Wildman–Crippen MR) is 47.8 cm³/mol. The van der Waals surface area contributed by atoms with Gasteiger partial charge in [-0.05, 0) is 23.7 Å². The Bertz CT molecular complexity index is 330. The smallest absolute Gasteiger partial charge is 0.318 e. The summed E-state index contributed by atoms with van der Waals surface area (Å²) in [6, 6.07) is 3.97. The van der Waals surface area contributed by atoms with Gasteiger partial charge in [0.05, 0.1) is 12.8 Å². The molecule has 0 atom stereocenters. The van der Waals surface area contributed by atoms with Crippen LogP contribution < -0.4 is 10.1 Å². The van der Waals surface area contributed by atoms with E-state index >= 15 is 0 Å². The van der Waals surface area contributed by atoms with Crippen molar-refractivity contribution in [2.45, 2.75) is 0 Å². The molecule has 1 aromatic rings. The summed E-state index contributed by atoms with van der Waals surface area (Å²) in [6.07, 6.45) is 0. The molecule has 1 rings (SSSR count). The minimum absolute atomic E-state index is 0.000602. The van der Waals surface area contributed by atoms with Gasteiger partial charge in [0.15, 0.2) is 0 Å². The van der Waals surface area contributed by atoms with Crippen LogP contribution in [0.15, 0.2) is 18.2 Å². The molecule has 0 aliphatic carbocycles. The summed E-state index contributed by atoms with van der Waals surface area (Å²) in [4.78, 5) is 10.4. The Morgan fingerprint density at radius 3 is 2.85 bits per heavy atom. The SMILES string of the molecule is COc1ccc(F)c(NC(=O)Cl)c1. The number of methoxy groups -OCH3 is 1. The summed E-state index contributed by atoms with van der Waals surface area (Å²) >= 11 is 5.02. The van der Waals surface area contributed by atoms with E-state index in [1.165, 1.54) is 25.3 Å². The highest BCUT2D eigenvalue weighted by atomic mass is 35.5. The highest BCUT2D eigenvalue weighted by molar-refractivity contribution is 6.65. The van der Waals surface area contributed by atoms with Crippen molar-refractivity contribution in [3.05, 3.63) is 24.0 Å². The van der Waals surface area contributed by atoms with E-state index in [1.54, 1.807) is 0 Å². The minimum atomic E-state index is -0.841. The van der Waals surface area contributed by atoms with E-state index in [-0.39, 0.29) is 5.69 Å². The molecule has 0 unspecified atom stereocenters. The lowest BCUT2D eigenvalue weighted by atomic mass is 10.3. The maximum atomic E-state index is 12.9. The van der Waals surface area contributed by atoms with Crippen LogP contribution in [-0.2, 0) is 0 Å². The van der Waals surface area contributed by atoms with Gasteiger partial charge in [-0.25, -0.2) is 4.39 Å². The molecule has 0 fully saturated rings. The number of hydrogen-bond acceptors (Lipinski definition) is 2. The average molecular weight is 204 g/mol. The van der Waals surface area contributed by atoms with E-state index < -0.39 is 11.2 Å². The quantitative estimate of drug-likeness (QED) is 0.593. The first-order valence-electron chi connectivity index (χ1n) is 3.43. The molecule has 70 valence electrons. The number of amides is 1. The Morgan fingerprint density at radius 1 is 1.62 bits per heavy atom. The van der Waals surface area contributed by atoms with E-state index in [1.807, 2.05) is 0 Å². The van der Waals surface area contributed by atoms with Gasteiger partial charge in [-0.3, -0.25) is 4.79 Å². The van der Waals surface area contributed by atoms with Crippen LogP contribution in [0.2, 0.25) is 0 Å². The van der Waals surface area contributed by atoms with Crippen molar-refractivity contribution >= 4 is 22.7 Å². The fourth-order valence-corrected chi connectivity index (χ4v) is 0.935. The number of carbonyl (C=O) groups excluding carboxylic acids is 1. The van der Waals surface area contributed by atoms with Crippen LogP contribution in [0, 0.1) is 5.82 Å². The number of nitrogens with one attached hydrogen (secondary N) is 1. The predicted octanol–water partition coefficient (Wildman–Crippen LogP) is 2.61. The normalized spacial score (nSPS) is 9.46. The molecular weight excluding hydrogens is 197 g/mol. The second-order valence-corrected chi connectivity index (χ2v) is 2.59. The Morgan fingerprint density at radius 2 is 2.31 bits per heavy atom. The van der Waals surface area contributed by atoms with E-state index in [0.717, 1.165) is 0 Å². The van der Waals surface area contributed by atoms with Crippen molar-refractivity contribution in [3.8, 4) is 5.75 Å². The van der Waals surface area contributed by atoms with E-state index in [9.17, 15) is 9.18 Å². The molecule has 1 amide bonds. The summed E-state index contributed by atoms with van der Waals surface area (Å²) in [7, 11) is 1.44. The molecule has 3 nitrogen and oxygen atoms in total. The van der Waals surface area contributed by atoms with Crippen LogP contribution >= 0.6 is 11.6 Å². The molecular formula is C8H7ClFNO2. The molecule has 0 aliphatic rings. The Hall–Kier alpha value is -1.29. The summed E-state index contributed by atoms with van der Waals surface area (Å²) in [5, 5.41) is 1.28. The third-order valence-electron chi connectivity index (χ3n) is 1.41. The van der Waals surface area contributed by atoms with Gasteiger partial charge in [-0.15, -0.1) is 0 Å². The highest BCUT2D eigenvalue weighted by Gasteiger charge is 2.05. The number of carbonyl (C=O) groups is 1. The van der Waals surface area contributed by atoms with Gasteiger partial charge >= 0.3 is 5.37 Å². The molecule has 1 N–H and O–H groups in total. The number of benzene rings is 1. The fourth-order valence-electron chi connectivity index (χ4n) is 0.833. The zero-order valence-corrected chi connectivity index (χ0v) is 7.56. The lowest BCUT2D eigenvalue weighted by molar-refractivity contribution is 0.269. The van der Waals surface area contributed by atoms with Gasteiger partial charge in [-0.1, -0.05) is 0 Å². The topological polar surface area (TPSA) is 38.3 Å².